The van der Waals surface area contributed by atoms with Gasteiger partial charge >= 0.3 is 0 Å². The Balaban J connectivity index is 0.00000180. The molecule has 108 valence electrons. The Hall–Kier alpha value is 0.01000. The van der Waals surface area contributed by atoms with E-state index in [4.69, 9.17) is 23.2 Å². The number of hydrogen-bond acceptors (Lipinski definition) is 2. The molecule has 1 aromatic carbocycles. The molecule has 0 spiro atoms. The van der Waals surface area contributed by atoms with Crippen LogP contribution in [0.15, 0.2) is 18.2 Å². The molecule has 1 aliphatic heterocycles. The van der Waals surface area contributed by atoms with E-state index in [0.29, 0.717) is 5.41 Å². The minimum atomic E-state index is 0. The molecule has 2 nitrogen and oxygen atoms in total. The third-order valence-corrected chi connectivity index (χ3v) is 4.31. The first kappa shape index (κ1) is 17.1. The van der Waals surface area contributed by atoms with Crippen LogP contribution >= 0.6 is 35.6 Å². The van der Waals surface area contributed by atoms with Gasteiger partial charge in [-0.3, -0.25) is 0 Å². The van der Waals surface area contributed by atoms with Crippen molar-refractivity contribution in [3.05, 3.63) is 33.8 Å². The normalized spacial score (nSPS) is 22.6. The molecular weight excluding hydrogens is 303 g/mol. The van der Waals surface area contributed by atoms with E-state index in [2.05, 4.69) is 24.2 Å². The van der Waals surface area contributed by atoms with Crippen molar-refractivity contribution < 1.29 is 0 Å². The van der Waals surface area contributed by atoms with Crippen LogP contribution in [0.5, 0.6) is 0 Å². The number of nitrogens with zero attached hydrogens (tertiary/aromatic N) is 1. The highest BCUT2D eigenvalue weighted by Gasteiger charge is 2.29. The lowest BCUT2D eigenvalue weighted by Crippen LogP contribution is -2.34. The van der Waals surface area contributed by atoms with Crippen molar-refractivity contribution in [1.82, 2.24) is 10.2 Å². The van der Waals surface area contributed by atoms with Gasteiger partial charge in [0.1, 0.15) is 0 Å². The van der Waals surface area contributed by atoms with Gasteiger partial charge in [-0.15, -0.1) is 12.4 Å². The minimum Gasteiger partial charge on any atom is -0.316 e. The molecule has 0 aliphatic carbocycles. The van der Waals surface area contributed by atoms with E-state index in [1.807, 2.05) is 18.2 Å². The molecule has 5 heteroatoms. The first-order valence-electron chi connectivity index (χ1n) is 6.32. The summed E-state index contributed by atoms with van der Waals surface area (Å²) in [5.74, 6) is 0. The Morgan fingerprint density at radius 3 is 2.47 bits per heavy atom. The summed E-state index contributed by atoms with van der Waals surface area (Å²) >= 11 is 12.4. The maximum Gasteiger partial charge on any atom is 0.0465 e. The van der Waals surface area contributed by atoms with Gasteiger partial charge in [-0.2, -0.15) is 0 Å². The molecule has 19 heavy (non-hydrogen) atoms. The van der Waals surface area contributed by atoms with Crippen LogP contribution in [0.1, 0.15) is 18.9 Å². The maximum atomic E-state index is 6.20. The van der Waals surface area contributed by atoms with Crippen molar-refractivity contribution >= 4 is 35.6 Å². The van der Waals surface area contributed by atoms with E-state index in [1.165, 1.54) is 6.42 Å². The first-order chi connectivity index (χ1) is 8.50. The van der Waals surface area contributed by atoms with E-state index in [9.17, 15) is 0 Å². The van der Waals surface area contributed by atoms with E-state index < -0.39 is 0 Å². The van der Waals surface area contributed by atoms with Crippen LogP contribution in [0.3, 0.4) is 0 Å². The van der Waals surface area contributed by atoms with Crippen molar-refractivity contribution in [2.24, 2.45) is 5.41 Å². The van der Waals surface area contributed by atoms with Crippen molar-refractivity contribution in [3.8, 4) is 0 Å². The SMILES string of the molecule is CN(Cc1c(Cl)cccc1Cl)CC1(C)CCNC1.Cl. The van der Waals surface area contributed by atoms with Gasteiger partial charge in [-0.05, 0) is 37.6 Å². The Morgan fingerprint density at radius 2 is 1.95 bits per heavy atom. The summed E-state index contributed by atoms with van der Waals surface area (Å²) in [5, 5.41) is 4.93. The Kier molecular flexibility index (Phi) is 6.41. The first-order valence-corrected chi connectivity index (χ1v) is 7.08. The molecule has 0 aromatic heterocycles. The van der Waals surface area contributed by atoms with Crippen molar-refractivity contribution in [2.45, 2.75) is 19.9 Å². The zero-order valence-corrected chi connectivity index (χ0v) is 13.7. The highest BCUT2D eigenvalue weighted by molar-refractivity contribution is 6.35. The molecule has 1 saturated heterocycles. The monoisotopic (exact) mass is 322 g/mol. The molecule has 1 fully saturated rings. The second kappa shape index (κ2) is 7.14. The summed E-state index contributed by atoms with van der Waals surface area (Å²) < 4.78 is 0. The average molecular weight is 324 g/mol. The van der Waals surface area contributed by atoms with Crippen LogP contribution in [0.25, 0.3) is 0 Å². The molecule has 1 N–H and O–H groups in total. The summed E-state index contributed by atoms with van der Waals surface area (Å²) in [6.45, 7) is 6.40. The van der Waals surface area contributed by atoms with Crippen LogP contribution in [0.2, 0.25) is 10.0 Å². The molecule has 0 bridgehead atoms. The zero-order valence-electron chi connectivity index (χ0n) is 11.4. The Bertz CT molecular complexity index is 397. The molecule has 1 aliphatic rings. The van der Waals surface area contributed by atoms with Crippen LogP contribution in [0, 0.1) is 5.41 Å². The topological polar surface area (TPSA) is 15.3 Å². The summed E-state index contributed by atoms with van der Waals surface area (Å²) in [5.41, 5.74) is 1.39. The summed E-state index contributed by atoms with van der Waals surface area (Å²) in [7, 11) is 2.13. The van der Waals surface area contributed by atoms with E-state index in [0.717, 1.165) is 41.8 Å². The molecule has 1 atom stereocenters. The molecular formula is C14H21Cl3N2. The third kappa shape index (κ3) is 4.51. The second-order valence-corrected chi connectivity index (χ2v) is 6.42. The quantitative estimate of drug-likeness (QED) is 0.905. The fourth-order valence-corrected chi connectivity index (χ4v) is 3.18. The molecule has 1 aromatic rings. The Morgan fingerprint density at radius 1 is 1.32 bits per heavy atom. The van der Waals surface area contributed by atoms with E-state index in [-0.39, 0.29) is 12.4 Å². The van der Waals surface area contributed by atoms with E-state index >= 15 is 0 Å². The van der Waals surface area contributed by atoms with Crippen molar-refractivity contribution in [3.63, 3.8) is 0 Å². The lowest BCUT2D eigenvalue weighted by Gasteiger charge is -2.29. The third-order valence-electron chi connectivity index (χ3n) is 3.60. The van der Waals surface area contributed by atoms with Gasteiger partial charge in [0.15, 0.2) is 0 Å². The van der Waals surface area contributed by atoms with Crippen molar-refractivity contribution in [2.75, 3.05) is 26.7 Å². The number of halogens is 3. The van der Waals surface area contributed by atoms with Crippen LogP contribution < -0.4 is 5.32 Å². The molecule has 0 amide bonds. The predicted octanol–water partition coefficient (Wildman–Crippen LogP) is 3.85. The fraction of sp³-hybridized carbons (Fsp3) is 0.571. The smallest absolute Gasteiger partial charge is 0.0465 e. The predicted molar refractivity (Wildman–Crippen MR) is 85.6 cm³/mol. The molecule has 1 heterocycles. The van der Waals surface area contributed by atoms with Crippen molar-refractivity contribution in [1.29, 1.82) is 0 Å². The second-order valence-electron chi connectivity index (χ2n) is 5.61. The summed E-state index contributed by atoms with van der Waals surface area (Å²) in [6.07, 6.45) is 1.23. The molecule has 2 rings (SSSR count). The van der Waals surface area contributed by atoms with Crippen LogP contribution in [-0.4, -0.2) is 31.6 Å². The highest BCUT2D eigenvalue weighted by atomic mass is 35.5. The average Bonchev–Trinajstić information content (AvgIpc) is 2.70. The fourth-order valence-electron chi connectivity index (χ4n) is 2.66. The zero-order chi connectivity index (χ0) is 13.2. The number of benzene rings is 1. The van der Waals surface area contributed by atoms with Crippen LogP contribution in [-0.2, 0) is 6.54 Å². The minimum absolute atomic E-state index is 0. The van der Waals surface area contributed by atoms with Gasteiger partial charge in [0, 0.05) is 35.2 Å². The lowest BCUT2D eigenvalue weighted by atomic mass is 9.89. The van der Waals surface area contributed by atoms with Gasteiger partial charge in [0.25, 0.3) is 0 Å². The largest absolute Gasteiger partial charge is 0.316 e. The van der Waals surface area contributed by atoms with Gasteiger partial charge < -0.3 is 10.2 Å². The Labute approximate surface area is 131 Å². The van der Waals surface area contributed by atoms with Gasteiger partial charge in [0.2, 0.25) is 0 Å². The molecule has 0 saturated carbocycles. The summed E-state index contributed by atoms with van der Waals surface area (Å²) in [6, 6.07) is 5.68. The lowest BCUT2D eigenvalue weighted by molar-refractivity contribution is 0.203. The number of hydrogen-bond donors (Lipinski definition) is 1. The number of rotatable bonds is 4. The van der Waals surface area contributed by atoms with E-state index in [1.54, 1.807) is 0 Å². The maximum absolute atomic E-state index is 6.20. The molecule has 0 radical (unpaired) electrons. The van der Waals surface area contributed by atoms with Gasteiger partial charge in [-0.25, -0.2) is 0 Å². The van der Waals surface area contributed by atoms with Gasteiger partial charge in [0.05, 0.1) is 0 Å². The standard InChI is InChI=1S/C14H20Cl2N2.ClH/c1-14(6-7-17-9-14)10-18(2)8-11-12(15)4-3-5-13(11)16;/h3-5,17H,6-10H2,1-2H3;1H. The highest BCUT2D eigenvalue weighted by Crippen LogP contribution is 2.29. The molecule has 1 unspecified atom stereocenters. The number of nitrogens with one attached hydrogen (secondary N) is 1. The van der Waals surface area contributed by atoms with Crippen LogP contribution in [0.4, 0.5) is 0 Å². The van der Waals surface area contributed by atoms with Gasteiger partial charge in [-0.1, -0.05) is 36.2 Å². The summed E-state index contributed by atoms with van der Waals surface area (Å²) in [4.78, 5) is 2.31.